The first-order chi connectivity index (χ1) is 11.6. The Labute approximate surface area is 156 Å². The van der Waals surface area contributed by atoms with Crippen LogP contribution in [0.25, 0.3) is 0 Å². The third-order valence-corrected chi connectivity index (χ3v) is 5.63. The van der Waals surface area contributed by atoms with Crippen molar-refractivity contribution in [3.8, 4) is 0 Å². The summed E-state index contributed by atoms with van der Waals surface area (Å²) in [6, 6.07) is 13.2. The summed E-state index contributed by atoms with van der Waals surface area (Å²) < 4.78 is 0. The maximum absolute atomic E-state index is 12.2. The summed E-state index contributed by atoms with van der Waals surface area (Å²) >= 11 is 13.8. The number of carbonyl (C=O) groups excluding carboxylic acids is 1. The van der Waals surface area contributed by atoms with Gasteiger partial charge in [-0.2, -0.15) is 11.8 Å². The van der Waals surface area contributed by atoms with Gasteiger partial charge in [-0.05, 0) is 35.9 Å². The van der Waals surface area contributed by atoms with Crippen molar-refractivity contribution >= 4 is 46.6 Å². The molecule has 1 fully saturated rings. The van der Waals surface area contributed by atoms with Gasteiger partial charge < -0.3 is 10.2 Å². The van der Waals surface area contributed by atoms with E-state index in [4.69, 9.17) is 23.2 Å². The predicted molar refractivity (Wildman–Crippen MR) is 104 cm³/mol. The van der Waals surface area contributed by atoms with Crippen LogP contribution in [0.1, 0.15) is 15.9 Å². The van der Waals surface area contributed by atoms with Gasteiger partial charge in [-0.3, -0.25) is 4.79 Å². The molecule has 24 heavy (non-hydrogen) atoms. The third-order valence-electron chi connectivity index (χ3n) is 3.95. The molecule has 1 saturated heterocycles. The van der Waals surface area contributed by atoms with Gasteiger partial charge in [0, 0.05) is 42.4 Å². The second-order valence-electron chi connectivity index (χ2n) is 5.58. The first-order valence-electron chi connectivity index (χ1n) is 7.78. The van der Waals surface area contributed by atoms with Gasteiger partial charge in [0.15, 0.2) is 0 Å². The lowest BCUT2D eigenvalue weighted by molar-refractivity contribution is 0.0951. The number of nitrogens with zero attached hydrogens (tertiary/aromatic N) is 1. The SMILES string of the molecule is O=C(NCc1ccc(N2CCSCC2)cc1)c1ccc(Cl)c(Cl)c1. The first kappa shape index (κ1) is 17.5. The quantitative estimate of drug-likeness (QED) is 0.848. The standard InChI is InChI=1S/C18H18Cl2N2OS/c19-16-6-3-14(11-17(16)20)18(23)21-12-13-1-4-15(5-2-13)22-7-9-24-10-8-22/h1-6,11H,7-10,12H2,(H,21,23). The van der Waals surface area contributed by atoms with Crippen LogP contribution >= 0.6 is 35.0 Å². The summed E-state index contributed by atoms with van der Waals surface area (Å²) in [5, 5.41) is 3.73. The fraction of sp³-hybridized carbons (Fsp3) is 0.278. The molecule has 2 aromatic rings. The molecule has 1 aliphatic heterocycles. The second kappa shape index (κ2) is 8.15. The van der Waals surface area contributed by atoms with Crippen molar-refractivity contribution in [2.24, 2.45) is 0 Å². The van der Waals surface area contributed by atoms with Gasteiger partial charge >= 0.3 is 0 Å². The first-order valence-corrected chi connectivity index (χ1v) is 9.69. The zero-order chi connectivity index (χ0) is 16.9. The number of thioether (sulfide) groups is 1. The molecular weight excluding hydrogens is 363 g/mol. The molecule has 0 atom stereocenters. The Hall–Kier alpha value is -1.36. The van der Waals surface area contributed by atoms with E-state index in [0.717, 1.165) is 18.7 Å². The van der Waals surface area contributed by atoms with E-state index in [0.29, 0.717) is 22.2 Å². The number of anilines is 1. The van der Waals surface area contributed by atoms with E-state index in [-0.39, 0.29) is 5.91 Å². The van der Waals surface area contributed by atoms with E-state index in [2.05, 4.69) is 34.5 Å². The summed E-state index contributed by atoms with van der Waals surface area (Å²) in [5.41, 5.74) is 2.82. The maximum atomic E-state index is 12.2. The Bertz CT molecular complexity index is 715. The van der Waals surface area contributed by atoms with E-state index in [1.165, 1.54) is 17.2 Å². The van der Waals surface area contributed by atoms with Crippen molar-refractivity contribution < 1.29 is 4.79 Å². The van der Waals surface area contributed by atoms with Gasteiger partial charge in [-0.15, -0.1) is 0 Å². The van der Waals surface area contributed by atoms with Crippen molar-refractivity contribution in [3.05, 3.63) is 63.6 Å². The molecule has 6 heteroatoms. The van der Waals surface area contributed by atoms with E-state index < -0.39 is 0 Å². The molecule has 126 valence electrons. The molecule has 0 spiro atoms. The minimum atomic E-state index is -0.161. The monoisotopic (exact) mass is 380 g/mol. The summed E-state index contributed by atoms with van der Waals surface area (Å²) in [5.74, 6) is 2.20. The fourth-order valence-electron chi connectivity index (χ4n) is 2.57. The summed E-state index contributed by atoms with van der Waals surface area (Å²) in [7, 11) is 0. The number of hydrogen-bond acceptors (Lipinski definition) is 3. The van der Waals surface area contributed by atoms with Crippen molar-refractivity contribution in [1.29, 1.82) is 0 Å². The molecule has 1 amide bonds. The van der Waals surface area contributed by atoms with Crippen LogP contribution in [0.2, 0.25) is 10.0 Å². The normalized spacial score (nSPS) is 14.5. The van der Waals surface area contributed by atoms with Crippen LogP contribution in [-0.4, -0.2) is 30.5 Å². The van der Waals surface area contributed by atoms with Gasteiger partial charge in [-0.25, -0.2) is 0 Å². The van der Waals surface area contributed by atoms with E-state index in [9.17, 15) is 4.79 Å². The molecule has 3 nitrogen and oxygen atoms in total. The van der Waals surface area contributed by atoms with Crippen molar-refractivity contribution in [3.63, 3.8) is 0 Å². The second-order valence-corrected chi connectivity index (χ2v) is 7.62. The minimum absolute atomic E-state index is 0.161. The van der Waals surface area contributed by atoms with Crippen LogP contribution in [0.5, 0.6) is 0 Å². The van der Waals surface area contributed by atoms with Crippen LogP contribution in [0.4, 0.5) is 5.69 Å². The topological polar surface area (TPSA) is 32.3 Å². The van der Waals surface area contributed by atoms with Crippen LogP contribution < -0.4 is 10.2 Å². The van der Waals surface area contributed by atoms with Crippen LogP contribution in [-0.2, 0) is 6.54 Å². The van der Waals surface area contributed by atoms with E-state index >= 15 is 0 Å². The lowest BCUT2D eigenvalue weighted by Gasteiger charge is -2.28. The summed E-state index contributed by atoms with van der Waals surface area (Å²) in [4.78, 5) is 14.6. The molecule has 0 unspecified atom stereocenters. The molecular formula is C18H18Cl2N2OS. The Balaban J connectivity index is 1.57. The highest BCUT2D eigenvalue weighted by Crippen LogP contribution is 2.23. The molecule has 1 N–H and O–H groups in total. The zero-order valence-corrected chi connectivity index (χ0v) is 15.4. The molecule has 0 aliphatic carbocycles. The summed E-state index contributed by atoms with van der Waals surface area (Å²) in [6.45, 7) is 2.67. The van der Waals surface area contributed by atoms with Gasteiger partial charge in [0.25, 0.3) is 5.91 Å². The molecule has 2 aromatic carbocycles. The number of hydrogen-bond donors (Lipinski definition) is 1. The highest BCUT2D eigenvalue weighted by Gasteiger charge is 2.11. The van der Waals surface area contributed by atoms with Crippen molar-refractivity contribution in [2.45, 2.75) is 6.54 Å². The van der Waals surface area contributed by atoms with Gasteiger partial charge in [-0.1, -0.05) is 35.3 Å². The molecule has 1 aliphatic rings. The molecule has 0 bridgehead atoms. The van der Waals surface area contributed by atoms with Gasteiger partial charge in [0.2, 0.25) is 0 Å². The molecule has 0 saturated carbocycles. The van der Waals surface area contributed by atoms with Crippen LogP contribution in [0.15, 0.2) is 42.5 Å². The molecule has 3 rings (SSSR count). The average Bonchev–Trinajstić information content (AvgIpc) is 2.63. The van der Waals surface area contributed by atoms with Crippen molar-refractivity contribution in [2.75, 3.05) is 29.5 Å². The fourth-order valence-corrected chi connectivity index (χ4v) is 3.77. The minimum Gasteiger partial charge on any atom is -0.370 e. The van der Waals surface area contributed by atoms with Crippen molar-refractivity contribution in [1.82, 2.24) is 5.32 Å². The third kappa shape index (κ3) is 4.38. The highest BCUT2D eigenvalue weighted by atomic mass is 35.5. The Morgan fingerprint density at radius 2 is 1.75 bits per heavy atom. The number of rotatable bonds is 4. The Kier molecular flexibility index (Phi) is 5.93. The molecule has 0 aromatic heterocycles. The largest absolute Gasteiger partial charge is 0.370 e. The summed E-state index contributed by atoms with van der Waals surface area (Å²) in [6.07, 6.45) is 0. The number of amides is 1. The lowest BCUT2D eigenvalue weighted by atomic mass is 10.1. The lowest BCUT2D eigenvalue weighted by Crippen LogP contribution is -2.32. The Morgan fingerprint density at radius 3 is 2.42 bits per heavy atom. The molecule has 0 radical (unpaired) electrons. The predicted octanol–water partition coefficient (Wildman–Crippen LogP) is 4.48. The number of carbonyl (C=O) groups is 1. The molecule has 1 heterocycles. The Morgan fingerprint density at radius 1 is 1.04 bits per heavy atom. The maximum Gasteiger partial charge on any atom is 0.251 e. The number of benzene rings is 2. The zero-order valence-electron chi connectivity index (χ0n) is 13.1. The van der Waals surface area contributed by atoms with E-state index in [1.54, 1.807) is 18.2 Å². The number of nitrogens with one attached hydrogen (secondary N) is 1. The highest BCUT2D eigenvalue weighted by molar-refractivity contribution is 7.99. The van der Waals surface area contributed by atoms with Gasteiger partial charge in [0.05, 0.1) is 10.0 Å². The number of halogens is 2. The van der Waals surface area contributed by atoms with Crippen LogP contribution in [0.3, 0.4) is 0 Å². The van der Waals surface area contributed by atoms with E-state index in [1.807, 2.05) is 11.8 Å². The smallest absolute Gasteiger partial charge is 0.251 e. The van der Waals surface area contributed by atoms with Gasteiger partial charge in [0.1, 0.15) is 0 Å². The average molecular weight is 381 g/mol. The van der Waals surface area contributed by atoms with Crippen LogP contribution in [0, 0.1) is 0 Å².